The molecular formula is C19H30N2. The number of nitrogens with one attached hydrogen (secondary N) is 1. The number of hydrogen-bond acceptors (Lipinski definition) is 2. The summed E-state index contributed by atoms with van der Waals surface area (Å²) in [6.45, 7) is 10.5. The van der Waals surface area contributed by atoms with E-state index in [0.717, 1.165) is 25.6 Å². The zero-order valence-corrected chi connectivity index (χ0v) is 13.7. The van der Waals surface area contributed by atoms with Crippen molar-refractivity contribution in [2.75, 3.05) is 19.6 Å². The molecule has 0 spiro atoms. The van der Waals surface area contributed by atoms with E-state index in [2.05, 4.69) is 48.3 Å². The lowest BCUT2D eigenvalue weighted by Crippen LogP contribution is -2.45. The maximum atomic E-state index is 3.64. The van der Waals surface area contributed by atoms with Crippen molar-refractivity contribution in [2.45, 2.75) is 52.6 Å². The first-order chi connectivity index (χ1) is 10.2. The Labute approximate surface area is 129 Å². The van der Waals surface area contributed by atoms with E-state index in [0.29, 0.717) is 5.41 Å². The van der Waals surface area contributed by atoms with Gasteiger partial charge >= 0.3 is 0 Å². The van der Waals surface area contributed by atoms with Crippen LogP contribution >= 0.6 is 0 Å². The average molecular weight is 286 g/mol. The number of rotatable bonds is 5. The van der Waals surface area contributed by atoms with Crippen LogP contribution in [-0.4, -0.2) is 24.5 Å². The van der Waals surface area contributed by atoms with Crippen molar-refractivity contribution in [3.8, 4) is 0 Å². The zero-order chi connectivity index (χ0) is 14.7. The Morgan fingerprint density at radius 2 is 1.76 bits per heavy atom. The molecule has 0 radical (unpaired) electrons. The smallest absolute Gasteiger partial charge is 0.0240 e. The van der Waals surface area contributed by atoms with Gasteiger partial charge in [0.2, 0.25) is 0 Å². The minimum absolute atomic E-state index is 0.505. The third kappa shape index (κ3) is 3.49. The fourth-order valence-corrected chi connectivity index (χ4v) is 4.15. The van der Waals surface area contributed by atoms with Gasteiger partial charge in [0.15, 0.2) is 0 Å². The number of nitrogens with zero attached hydrogens (tertiary/aromatic N) is 1. The molecular weight excluding hydrogens is 256 g/mol. The topological polar surface area (TPSA) is 15.3 Å². The summed E-state index contributed by atoms with van der Waals surface area (Å²) in [5.41, 5.74) is 3.59. The van der Waals surface area contributed by atoms with E-state index in [4.69, 9.17) is 0 Å². The molecule has 2 aliphatic rings. The molecule has 1 aromatic rings. The molecule has 1 aromatic carbocycles. The maximum absolute atomic E-state index is 3.64. The molecule has 3 rings (SSSR count). The molecule has 1 aliphatic heterocycles. The first-order valence-electron chi connectivity index (χ1n) is 8.71. The molecule has 1 saturated carbocycles. The molecule has 116 valence electrons. The third-order valence-electron chi connectivity index (χ3n) is 5.55. The van der Waals surface area contributed by atoms with Gasteiger partial charge in [-0.3, -0.25) is 4.90 Å². The van der Waals surface area contributed by atoms with Crippen LogP contribution in [0.4, 0.5) is 0 Å². The zero-order valence-electron chi connectivity index (χ0n) is 13.7. The van der Waals surface area contributed by atoms with Crippen LogP contribution in [0.2, 0.25) is 0 Å². The first-order valence-corrected chi connectivity index (χ1v) is 8.71. The number of hydrogen-bond donors (Lipinski definition) is 1. The van der Waals surface area contributed by atoms with Gasteiger partial charge in [-0.1, -0.05) is 51.0 Å². The SMILES string of the molecule is CCNCC1(CN2Cc3ccccc3C2)CCC(C)CC1. The van der Waals surface area contributed by atoms with Gasteiger partial charge < -0.3 is 5.32 Å². The van der Waals surface area contributed by atoms with Gasteiger partial charge in [0.25, 0.3) is 0 Å². The van der Waals surface area contributed by atoms with E-state index in [1.807, 2.05) is 0 Å². The van der Waals surface area contributed by atoms with Gasteiger partial charge in [-0.05, 0) is 41.8 Å². The molecule has 0 unspecified atom stereocenters. The highest BCUT2D eigenvalue weighted by molar-refractivity contribution is 5.30. The van der Waals surface area contributed by atoms with Gasteiger partial charge in [-0.25, -0.2) is 0 Å². The molecule has 2 heteroatoms. The summed E-state index contributed by atoms with van der Waals surface area (Å²) in [5, 5.41) is 3.64. The van der Waals surface area contributed by atoms with Gasteiger partial charge in [-0.15, -0.1) is 0 Å². The van der Waals surface area contributed by atoms with E-state index < -0.39 is 0 Å². The molecule has 0 atom stereocenters. The lowest BCUT2D eigenvalue weighted by molar-refractivity contribution is 0.0855. The van der Waals surface area contributed by atoms with Crippen LogP contribution in [0.3, 0.4) is 0 Å². The average Bonchev–Trinajstić information content (AvgIpc) is 2.90. The maximum Gasteiger partial charge on any atom is 0.0240 e. The Bertz CT molecular complexity index is 430. The van der Waals surface area contributed by atoms with Crippen LogP contribution < -0.4 is 5.32 Å². The Morgan fingerprint density at radius 3 is 2.33 bits per heavy atom. The third-order valence-corrected chi connectivity index (χ3v) is 5.55. The van der Waals surface area contributed by atoms with E-state index in [9.17, 15) is 0 Å². The minimum atomic E-state index is 0.505. The van der Waals surface area contributed by atoms with Crippen LogP contribution in [0.1, 0.15) is 50.7 Å². The monoisotopic (exact) mass is 286 g/mol. The predicted octanol–water partition coefficient (Wildman–Crippen LogP) is 3.81. The van der Waals surface area contributed by atoms with Crippen molar-refractivity contribution >= 4 is 0 Å². The second-order valence-electron chi connectivity index (χ2n) is 7.38. The quantitative estimate of drug-likeness (QED) is 0.885. The molecule has 0 bridgehead atoms. The fraction of sp³-hybridized carbons (Fsp3) is 0.684. The van der Waals surface area contributed by atoms with Crippen molar-refractivity contribution in [2.24, 2.45) is 11.3 Å². The Kier molecular flexibility index (Phi) is 4.66. The van der Waals surface area contributed by atoms with Crippen LogP contribution in [-0.2, 0) is 13.1 Å². The van der Waals surface area contributed by atoms with E-state index in [1.54, 1.807) is 11.1 Å². The largest absolute Gasteiger partial charge is 0.316 e. The van der Waals surface area contributed by atoms with Gasteiger partial charge in [0.05, 0.1) is 0 Å². The highest BCUT2D eigenvalue weighted by Gasteiger charge is 2.36. The van der Waals surface area contributed by atoms with Crippen molar-refractivity contribution in [3.63, 3.8) is 0 Å². The summed E-state index contributed by atoms with van der Waals surface area (Å²) in [7, 11) is 0. The van der Waals surface area contributed by atoms with Crippen molar-refractivity contribution in [1.82, 2.24) is 10.2 Å². The Morgan fingerprint density at radius 1 is 1.14 bits per heavy atom. The summed E-state index contributed by atoms with van der Waals surface area (Å²) in [6, 6.07) is 8.96. The summed E-state index contributed by atoms with van der Waals surface area (Å²) in [6.07, 6.45) is 5.61. The highest BCUT2D eigenvalue weighted by atomic mass is 15.1. The standard InChI is InChI=1S/C19H30N2/c1-3-20-14-19(10-8-16(2)9-11-19)15-21-12-17-6-4-5-7-18(17)13-21/h4-7,16,20H,3,8-15H2,1-2H3. The molecule has 1 heterocycles. The molecule has 0 amide bonds. The minimum Gasteiger partial charge on any atom is -0.316 e. The number of benzene rings is 1. The number of fused-ring (bicyclic) bond motifs is 1. The highest BCUT2D eigenvalue weighted by Crippen LogP contribution is 2.40. The molecule has 1 N–H and O–H groups in total. The lowest BCUT2D eigenvalue weighted by Gasteiger charge is -2.42. The molecule has 0 aromatic heterocycles. The fourth-order valence-electron chi connectivity index (χ4n) is 4.15. The summed E-state index contributed by atoms with van der Waals surface area (Å²) < 4.78 is 0. The summed E-state index contributed by atoms with van der Waals surface area (Å²) in [5.74, 6) is 0.926. The molecule has 0 saturated heterocycles. The van der Waals surface area contributed by atoms with E-state index >= 15 is 0 Å². The van der Waals surface area contributed by atoms with Crippen LogP contribution in [0, 0.1) is 11.3 Å². The molecule has 1 fully saturated rings. The van der Waals surface area contributed by atoms with Crippen molar-refractivity contribution in [3.05, 3.63) is 35.4 Å². The van der Waals surface area contributed by atoms with Crippen LogP contribution in [0.5, 0.6) is 0 Å². The van der Waals surface area contributed by atoms with Gasteiger partial charge in [0, 0.05) is 26.2 Å². The first kappa shape index (κ1) is 15.1. The summed E-state index contributed by atoms with van der Waals surface area (Å²) in [4.78, 5) is 2.68. The second kappa shape index (κ2) is 6.50. The van der Waals surface area contributed by atoms with Gasteiger partial charge in [0.1, 0.15) is 0 Å². The van der Waals surface area contributed by atoms with E-state index in [1.165, 1.54) is 38.8 Å². The summed E-state index contributed by atoms with van der Waals surface area (Å²) >= 11 is 0. The predicted molar refractivity (Wildman–Crippen MR) is 89.2 cm³/mol. The normalized spacial score (nSPS) is 29.5. The molecule has 1 aliphatic carbocycles. The Hall–Kier alpha value is -0.860. The molecule has 21 heavy (non-hydrogen) atoms. The Balaban J connectivity index is 1.65. The van der Waals surface area contributed by atoms with Crippen molar-refractivity contribution in [1.29, 1.82) is 0 Å². The van der Waals surface area contributed by atoms with Crippen LogP contribution in [0.25, 0.3) is 0 Å². The van der Waals surface area contributed by atoms with Gasteiger partial charge in [-0.2, -0.15) is 0 Å². The van der Waals surface area contributed by atoms with Crippen LogP contribution in [0.15, 0.2) is 24.3 Å². The molecule has 2 nitrogen and oxygen atoms in total. The lowest BCUT2D eigenvalue weighted by atomic mass is 9.70. The second-order valence-corrected chi connectivity index (χ2v) is 7.38. The van der Waals surface area contributed by atoms with E-state index in [-0.39, 0.29) is 0 Å². The van der Waals surface area contributed by atoms with Crippen molar-refractivity contribution < 1.29 is 0 Å².